The lowest BCUT2D eigenvalue weighted by Gasteiger charge is -2.35. The molecule has 3 atom stereocenters. The Labute approximate surface area is 317 Å². The smallest absolute Gasteiger partial charge is 0.407 e. The molecule has 0 spiro atoms. The van der Waals surface area contributed by atoms with Gasteiger partial charge in [-0.3, -0.25) is 14.4 Å². The molecule has 2 aromatic rings. The highest BCUT2D eigenvalue weighted by molar-refractivity contribution is 7.13. The van der Waals surface area contributed by atoms with Crippen LogP contribution in [0.15, 0.2) is 23.7 Å². The number of alkyl halides is 1. The molecule has 0 bridgehead atoms. The number of nitrogens with one attached hydrogen (secondary N) is 3. The summed E-state index contributed by atoms with van der Waals surface area (Å²) in [5.74, 6) is -1.15. The lowest BCUT2D eigenvalue weighted by atomic mass is 9.85. The fraction of sp³-hybridized carbons (Fsp3) is 0.667. The summed E-state index contributed by atoms with van der Waals surface area (Å²) in [4.78, 5) is 58.6. The predicted molar refractivity (Wildman–Crippen MR) is 202 cm³/mol. The summed E-state index contributed by atoms with van der Waals surface area (Å²) in [5.41, 5.74) is 1.20. The predicted octanol–water partition coefficient (Wildman–Crippen LogP) is 5.97. The van der Waals surface area contributed by atoms with E-state index in [1.807, 2.05) is 45.9 Å². The number of thiazole rings is 1. The first kappa shape index (κ1) is 42.0. The van der Waals surface area contributed by atoms with E-state index in [4.69, 9.17) is 9.47 Å². The molecule has 1 aromatic carbocycles. The maximum Gasteiger partial charge on any atom is 0.407 e. The van der Waals surface area contributed by atoms with Crippen molar-refractivity contribution >= 4 is 35.2 Å². The lowest BCUT2D eigenvalue weighted by molar-refractivity contribution is -0.145. The van der Waals surface area contributed by atoms with E-state index in [-0.39, 0.29) is 32.4 Å². The average molecular weight is 760 g/mol. The molecule has 4 N–H and O–H groups in total. The van der Waals surface area contributed by atoms with Gasteiger partial charge in [-0.05, 0) is 70.4 Å². The summed E-state index contributed by atoms with van der Waals surface area (Å²) in [5, 5.41) is 18.9. The Balaban J connectivity index is 1.32. The van der Waals surface area contributed by atoms with Crippen LogP contribution >= 0.6 is 11.3 Å². The van der Waals surface area contributed by atoms with E-state index in [0.717, 1.165) is 60.2 Å². The topological polar surface area (TPSA) is 159 Å². The first-order valence-corrected chi connectivity index (χ1v) is 19.6. The number of ether oxygens (including phenoxy) is 2. The zero-order chi connectivity index (χ0) is 39.0. The molecular weight excluding hydrogens is 702 g/mol. The molecule has 0 radical (unpaired) electrons. The minimum Gasteiger partial charge on any atom is -0.493 e. The van der Waals surface area contributed by atoms with Crippen LogP contribution in [0.3, 0.4) is 0 Å². The number of aliphatic hydroxyl groups excluding tert-OH is 1. The number of aryl methyl sites for hydroxylation is 1. The molecule has 53 heavy (non-hydrogen) atoms. The zero-order valence-electron chi connectivity index (χ0n) is 32.3. The minimum atomic E-state index is -1.96. The molecule has 4 amide bonds. The van der Waals surface area contributed by atoms with Gasteiger partial charge in [-0.2, -0.15) is 0 Å². The van der Waals surface area contributed by atoms with Crippen LogP contribution in [0, 0.1) is 12.3 Å². The quantitative estimate of drug-likeness (QED) is 0.144. The number of halogens is 1. The number of carbonyl (C=O) groups excluding carboxylic acids is 4. The highest BCUT2D eigenvalue weighted by atomic mass is 32.1. The fourth-order valence-electron chi connectivity index (χ4n) is 6.19. The molecule has 1 saturated carbocycles. The summed E-state index contributed by atoms with van der Waals surface area (Å²) in [6.45, 7) is 13.9. The van der Waals surface area contributed by atoms with Crippen molar-refractivity contribution in [3.63, 3.8) is 0 Å². The van der Waals surface area contributed by atoms with E-state index in [2.05, 4.69) is 20.9 Å². The Morgan fingerprint density at radius 2 is 1.72 bits per heavy atom. The number of alkyl carbamates (subject to hydrolysis) is 1. The van der Waals surface area contributed by atoms with Crippen LogP contribution in [0.1, 0.15) is 111 Å². The largest absolute Gasteiger partial charge is 0.493 e. The Hall–Kier alpha value is -3.78. The van der Waals surface area contributed by atoms with Gasteiger partial charge in [0.25, 0.3) is 5.91 Å². The van der Waals surface area contributed by atoms with Crippen molar-refractivity contribution < 1.29 is 38.1 Å². The van der Waals surface area contributed by atoms with E-state index in [0.29, 0.717) is 18.9 Å². The van der Waals surface area contributed by atoms with Gasteiger partial charge in [-0.15, -0.1) is 11.3 Å². The number of benzene rings is 1. The van der Waals surface area contributed by atoms with E-state index in [9.17, 15) is 28.7 Å². The van der Waals surface area contributed by atoms with Gasteiger partial charge in [-0.25, -0.2) is 14.2 Å². The monoisotopic (exact) mass is 759 g/mol. The van der Waals surface area contributed by atoms with E-state index in [1.54, 1.807) is 26.3 Å². The number of unbranched alkanes of at least 4 members (excludes halogenated alkanes) is 5. The number of nitrogens with zero attached hydrogens (tertiary/aromatic N) is 2. The molecule has 1 saturated heterocycles. The number of hydrogen-bond acceptors (Lipinski definition) is 9. The lowest BCUT2D eigenvalue weighted by Crippen LogP contribution is -2.59. The number of carbonyl (C=O) groups is 4. The number of hydrogen-bond donors (Lipinski definition) is 4. The van der Waals surface area contributed by atoms with Crippen LogP contribution in [-0.2, 0) is 25.7 Å². The molecule has 1 aliphatic carbocycles. The van der Waals surface area contributed by atoms with Gasteiger partial charge < -0.3 is 35.4 Å². The SMILES string of the molecule is Cc1ncsc1-c1ccc(CNC(=O)[C@@H]2C[C@@H](O)CN2C(=O)[C@@H](NC(=O)C2(F)CC2)C(C)(C)C)c(OCCCCCCCCNC(=O)OC(C)(C)C)c1. The second-order valence-corrected chi connectivity index (χ2v) is 17.2. The number of aromatic nitrogens is 1. The summed E-state index contributed by atoms with van der Waals surface area (Å²) in [6, 6.07) is 3.81. The van der Waals surface area contributed by atoms with Gasteiger partial charge in [-0.1, -0.05) is 58.6 Å². The van der Waals surface area contributed by atoms with Crippen molar-refractivity contribution in [2.45, 2.75) is 142 Å². The third-order valence-electron chi connectivity index (χ3n) is 9.37. The van der Waals surface area contributed by atoms with Gasteiger partial charge in [0.1, 0.15) is 23.4 Å². The molecule has 2 aliphatic rings. The first-order valence-electron chi connectivity index (χ1n) is 18.8. The van der Waals surface area contributed by atoms with Crippen LogP contribution in [-0.4, -0.2) is 88.0 Å². The van der Waals surface area contributed by atoms with Gasteiger partial charge in [0.05, 0.1) is 28.8 Å². The van der Waals surface area contributed by atoms with Crippen molar-refractivity contribution in [2.24, 2.45) is 5.41 Å². The van der Waals surface area contributed by atoms with Crippen LogP contribution in [0.4, 0.5) is 9.18 Å². The number of amides is 4. The van der Waals surface area contributed by atoms with E-state index in [1.165, 1.54) is 16.2 Å². The van der Waals surface area contributed by atoms with Gasteiger partial charge in [0.2, 0.25) is 11.8 Å². The third-order valence-corrected chi connectivity index (χ3v) is 10.4. The highest BCUT2D eigenvalue weighted by Crippen LogP contribution is 2.40. The van der Waals surface area contributed by atoms with Crippen LogP contribution < -0.4 is 20.7 Å². The molecule has 14 heteroatoms. The second kappa shape index (κ2) is 18.0. The van der Waals surface area contributed by atoms with Crippen molar-refractivity contribution in [3.05, 3.63) is 35.0 Å². The van der Waals surface area contributed by atoms with E-state index >= 15 is 0 Å². The average Bonchev–Trinajstić information content (AvgIpc) is 3.48. The second-order valence-electron chi connectivity index (χ2n) is 16.3. The Morgan fingerprint density at radius 1 is 1.04 bits per heavy atom. The third kappa shape index (κ3) is 12.4. The number of aliphatic hydroxyl groups is 1. The molecule has 0 unspecified atom stereocenters. The Bertz CT molecular complexity index is 1580. The molecule has 12 nitrogen and oxygen atoms in total. The number of likely N-dealkylation sites (tertiary alicyclic amines) is 1. The van der Waals surface area contributed by atoms with Crippen LogP contribution in [0.2, 0.25) is 0 Å². The van der Waals surface area contributed by atoms with Crippen LogP contribution in [0.25, 0.3) is 10.4 Å². The minimum absolute atomic E-state index is 0.0443. The number of rotatable bonds is 17. The highest BCUT2D eigenvalue weighted by Gasteiger charge is 2.53. The molecule has 2 fully saturated rings. The molecule has 4 rings (SSSR count). The fourth-order valence-corrected chi connectivity index (χ4v) is 7.00. The van der Waals surface area contributed by atoms with E-state index < -0.39 is 58.7 Å². The van der Waals surface area contributed by atoms with Crippen molar-refractivity contribution in [1.82, 2.24) is 25.8 Å². The molecule has 1 aromatic heterocycles. The normalized spacial score (nSPS) is 18.6. The molecule has 2 heterocycles. The Kier molecular flexibility index (Phi) is 14.3. The first-order chi connectivity index (χ1) is 24.9. The van der Waals surface area contributed by atoms with Crippen molar-refractivity contribution in [2.75, 3.05) is 19.7 Å². The summed E-state index contributed by atoms with van der Waals surface area (Å²) in [7, 11) is 0. The standard InChI is InChI=1S/C39H58FN5O7S/c1-25-31(53-24-43-25)26-14-15-27(30(20-26)51-19-13-11-9-8-10-12-18-41-36(50)52-38(5,6)7)22-42-33(47)29-21-28(46)23-45(29)34(48)32(37(2,3)4)44-35(49)39(40)16-17-39/h14-15,20,24,28-29,32,46H,8-13,16-19,21-23H2,1-7H3,(H,41,50)(H,42,47)(H,44,49)/t28-,29+,32-/m1/s1. The number of β-amino-alcohol motifs (C(OH)–C–C–N with tert-alkyl or cyclic N) is 1. The summed E-state index contributed by atoms with van der Waals surface area (Å²) in [6.07, 6.45) is 4.76. The van der Waals surface area contributed by atoms with Crippen molar-refractivity contribution in [3.8, 4) is 16.2 Å². The van der Waals surface area contributed by atoms with Gasteiger partial charge >= 0.3 is 6.09 Å². The molecule has 1 aliphatic heterocycles. The van der Waals surface area contributed by atoms with Crippen molar-refractivity contribution in [1.29, 1.82) is 0 Å². The Morgan fingerprint density at radius 3 is 2.34 bits per heavy atom. The summed E-state index contributed by atoms with van der Waals surface area (Å²) >= 11 is 1.54. The maximum atomic E-state index is 14.5. The maximum absolute atomic E-state index is 14.5. The van der Waals surface area contributed by atoms with Crippen LogP contribution in [0.5, 0.6) is 5.75 Å². The molecular formula is C39H58FN5O7S. The molecule has 294 valence electrons. The zero-order valence-corrected chi connectivity index (χ0v) is 33.1. The van der Waals surface area contributed by atoms with Gasteiger partial charge in [0, 0.05) is 31.6 Å². The summed E-state index contributed by atoms with van der Waals surface area (Å²) < 4.78 is 26.1. The van der Waals surface area contributed by atoms with Gasteiger partial charge in [0.15, 0.2) is 5.67 Å².